The lowest BCUT2D eigenvalue weighted by atomic mass is 10.0. The highest BCUT2D eigenvalue weighted by Gasteiger charge is 2.23. The predicted octanol–water partition coefficient (Wildman–Crippen LogP) is 13.2. The second-order valence-electron chi connectivity index (χ2n) is 15.0. The van der Waals surface area contributed by atoms with E-state index in [1.54, 1.807) is 0 Å². The van der Waals surface area contributed by atoms with E-state index >= 15 is 0 Å². The summed E-state index contributed by atoms with van der Waals surface area (Å²) < 4.78 is 7.14. The fraction of sp³-hybridized carbons (Fsp3) is 0. The van der Waals surface area contributed by atoms with Gasteiger partial charge in [0.1, 0.15) is 0 Å². The Kier molecular flexibility index (Phi) is 6.10. The Hall–Kier alpha value is -7.76. The normalized spacial score (nSPS) is 12.2. The molecule has 0 aliphatic heterocycles. The topological polar surface area (TPSA) is 40.0 Å². The first-order valence-corrected chi connectivity index (χ1v) is 19.4. The summed E-state index contributed by atoms with van der Waals surface area (Å²) in [6.07, 6.45) is 4.12. The number of fused-ring (bicyclic) bond motifs is 12. The molecular weight excluding hydrogens is 695 g/mol. The molecule has 7 aromatic carbocycles. The molecule has 0 aliphatic rings. The van der Waals surface area contributed by atoms with Crippen molar-refractivity contribution >= 4 is 81.7 Å². The Morgan fingerprint density at radius 3 is 1.16 bits per heavy atom. The van der Waals surface area contributed by atoms with E-state index in [2.05, 4.69) is 202 Å². The fourth-order valence-electron chi connectivity index (χ4n) is 9.71. The standard InChI is InChI=1S/C52H31N5/c1-3-14-32(15-4-1)55-46-26-9-7-18-34(46)36-20-12-24-40(51(36)55)44-28-42-38-22-11-23-39-43-29-45(54-31-49(43)57(50(38)39)48(42)30-53-44)41-25-13-21-37-35-19-8-10-27-47(35)56(52(37)41)33-16-5-2-6-17-33/h1-31H. The number of rotatable bonds is 4. The minimum Gasteiger partial charge on any atom is -0.309 e. The molecule has 5 heteroatoms. The summed E-state index contributed by atoms with van der Waals surface area (Å²) in [6.45, 7) is 0. The van der Waals surface area contributed by atoms with Crippen molar-refractivity contribution in [2.24, 2.45) is 0 Å². The molecule has 5 nitrogen and oxygen atoms in total. The Morgan fingerprint density at radius 2 is 0.684 bits per heavy atom. The molecule has 0 radical (unpaired) electrons. The number of hydrogen-bond acceptors (Lipinski definition) is 2. The largest absolute Gasteiger partial charge is 0.309 e. The second kappa shape index (κ2) is 11.4. The molecule has 0 N–H and O–H groups in total. The van der Waals surface area contributed by atoms with Crippen molar-refractivity contribution in [3.63, 3.8) is 0 Å². The number of benzene rings is 7. The molecule has 0 unspecified atom stereocenters. The Labute approximate surface area is 326 Å². The molecule has 6 aromatic heterocycles. The highest BCUT2D eigenvalue weighted by molar-refractivity contribution is 6.24. The van der Waals surface area contributed by atoms with Gasteiger partial charge in [0.15, 0.2) is 0 Å². The van der Waals surface area contributed by atoms with Crippen LogP contribution in [-0.2, 0) is 0 Å². The van der Waals surface area contributed by atoms with Gasteiger partial charge in [-0.1, -0.05) is 127 Å². The average Bonchev–Trinajstić information content (AvgIpc) is 4.01. The molecule has 6 heterocycles. The molecule has 0 bridgehead atoms. The van der Waals surface area contributed by atoms with Gasteiger partial charge in [-0.15, -0.1) is 0 Å². The van der Waals surface area contributed by atoms with Gasteiger partial charge in [0.25, 0.3) is 0 Å². The fourth-order valence-corrected chi connectivity index (χ4v) is 9.71. The number of para-hydroxylation sites is 7. The summed E-state index contributed by atoms with van der Waals surface area (Å²) in [5.41, 5.74) is 14.4. The van der Waals surface area contributed by atoms with Crippen LogP contribution in [0.1, 0.15) is 0 Å². The summed E-state index contributed by atoms with van der Waals surface area (Å²) in [5.74, 6) is 0. The van der Waals surface area contributed by atoms with Crippen LogP contribution in [0.2, 0.25) is 0 Å². The smallest absolute Gasteiger partial charge is 0.0731 e. The first kappa shape index (κ1) is 30.6. The van der Waals surface area contributed by atoms with Crippen LogP contribution in [0, 0.1) is 0 Å². The molecule has 57 heavy (non-hydrogen) atoms. The lowest BCUT2D eigenvalue weighted by molar-refractivity contribution is 1.18. The molecule has 0 saturated carbocycles. The number of nitrogens with zero attached hydrogens (tertiary/aromatic N) is 5. The molecule has 13 aromatic rings. The van der Waals surface area contributed by atoms with E-state index in [0.717, 1.165) is 56.0 Å². The zero-order valence-electron chi connectivity index (χ0n) is 30.6. The van der Waals surface area contributed by atoms with Crippen LogP contribution in [0.25, 0.3) is 116 Å². The third-order valence-corrected chi connectivity index (χ3v) is 12.1. The van der Waals surface area contributed by atoms with E-state index in [1.807, 2.05) is 0 Å². The van der Waals surface area contributed by atoms with Crippen LogP contribution < -0.4 is 0 Å². The second-order valence-corrected chi connectivity index (χ2v) is 15.0. The highest BCUT2D eigenvalue weighted by Crippen LogP contribution is 2.44. The van der Waals surface area contributed by atoms with Crippen LogP contribution in [-0.4, -0.2) is 23.5 Å². The van der Waals surface area contributed by atoms with E-state index in [-0.39, 0.29) is 0 Å². The Bertz CT molecular complexity index is 3500. The minimum atomic E-state index is 0.953. The van der Waals surface area contributed by atoms with Gasteiger partial charge in [0, 0.05) is 65.6 Å². The van der Waals surface area contributed by atoms with Crippen molar-refractivity contribution in [1.82, 2.24) is 23.5 Å². The van der Waals surface area contributed by atoms with Gasteiger partial charge in [-0.25, -0.2) is 0 Å². The predicted molar refractivity (Wildman–Crippen MR) is 236 cm³/mol. The minimum absolute atomic E-state index is 0.953. The first-order valence-electron chi connectivity index (χ1n) is 19.4. The molecular formula is C52H31N5. The van der Waals surface area contributed by atoms with Gasteiger partial charge in [-0.05, 0) is 48.5 Å². The third-order valence-electron chi connectivity index (χ3n) is 12.1. The summed E-state index contributed by atoms with van der Waals surface area (Å²) in [7, 11) is 0. The van der Waals surface area contributed by atoms with Crippen molar-refractivity contribution in [2.75, 3.05) is 0 Å². The van der Waals surface area contributed by atoms with Crippen LogP contribution in [0.4, 0.5) is 0 Å². The van der Waals surface area contributed by atoms with Crippen molar-refractivity contribution in [3.05, 3.63) is 188 Å². The molecule has 0 aliphatic carbocycles. The maximum atomic E-state index is 5.23. The summed E-state index contributed by atoms with van der Waals surface area (Å²) in [5, 5.41) is 9.70. The lowest BCUT2D eigenvalue weighted by Gasteiger charge is -2.12. The zero-order valence-corrected chi connectivity index (χ0v) is 30.6. The van der Waals surface area contributed by atoms with Crippen molar-refractivity contribution in [1.29, 1.82) is 0 Å². The first-order chi connectivity index (χ1) is 28.3. The van der Waals surface area contributed by atoms with Gasteiger partial charge >= 0.3 is 0 Å². The van der Waals surface area contributed by atoms with Crippen molar-refractivity contribution < 1.29 is 0 Å². The highest BCUT2D eigenvalue weighted by atomic mass is 15.0. The van der Waals surface area contributed by atoms with E-state index in [4.69, 9.17) is 9.97 Å². The third kappa shape index (κ3) is 4.12. The van der Waals surface area contributed by atoms with Crippen LogP contribution >= 0.6 is 0 Å². The summed E-state index contributed by atoms with van der Waals surface area (Å²) >= 11 is 0. The molecule has 264 valence electrons. The van der Waals surface area contributed by atoms with E-state index in [1.165, 1.54) is 59.6 Å². The molecule has 0 atom stereocenters. The molecule has 0 amide bonds. The van der Waals surface area contributed by atoms with Gasteiger partial charge < -0.3 is 13.5 Å². The van der Waals surface area contributed by atoms with Gasteiger partial charge in [0.2, 0.25) is 0 Å². The van der Waals surface area contributed by atoms with Gasteiger partial charge in [-0.2, -0.15) is 0 Å². The monoisotopic (exact) mass is 725 g/mol. The molecule has 0 saturated heterocycles. The van der Waals surface area contributed by atoms with Crippen molar-refractivity contribution in [3.8, 4) is 33.9 Å². The Morgan fingerprint density at radius 1 is 0.298 bits per heavy atom. The van der Waals surface area contributed by atoms with Crippen LogP contribution in [0.5, 0.6) is 0 Å². The van der Waals surface area contributed by atoms with Crippen molar-refractivity contribution in [2.45, 2.75) is 0 Å². The molecule has 0 spiro atoms. The molecule has 0 fully saturated rings. The lowest BCUT2D eigenvalue weighted by Crippen LogP contribution is -1.96. The van der Waals surface area contributed by atoms with E-state index in [9.17, 15) is 0 Å². The maximum absolute atomic E-state index is 5.23. The average molecular weight is 726 g/mol. The SMILES string of the molecule is c1ccc(-n2c3ccccc3c3cccc(-c4cc5c6cccc7c8cc(-c9cccc%10c%11ccccc%11n(-c%11ccccc%11)c9%10)ncc8n(c5cn4)c67)c32)cc1. The van der Waals surface area contributed by atoms with Crippen LogP contribution in [0.15, 0.2) is 188 Å². The summed E-state index contributed by atoms with van der Waals surface area (Å²) in [6, 6.07) is 63.1. The maximum Gasteiger partial charge on any atom is 0.0731 e. The van der Waals surface area contributed by atoms with Crippen LogP contribution in [0.3, 0.4) is 0 Å². The van der Waals surface area contributed by atoms with E-state index < -0.39 is 0 Å². The number of hydrogen-bond donors (Lipinski definition) is 0. The number of aromatic nitrogens is 5. The van der Waals surface area contributed by atoms with Gasteiger partial charge in [-0.3, -0.25) is 9.97 Å². The quantitative estimate of drug-likeness (QED) is 0.181. The van der Waals surface area contributed by atoms with Gasteiger partial charge in [0.05, 0.1) is 62.4 Å². The molecule has 13 rings (SSSR count). The zero-order chi connectivity index (χ0) is 37.2. The summed E-state index contributed by atoms with van der Waals surface area (Å²) in [4.78, 5) is 10.5. The van der Waals surface area contributed by atoms with E-state index in [0.29, 0.717) is 0 Å². The Balaban J connectivity index is 1.03. The number of pyridine rings is 2.